The van der Waals surface area contributed by atoms with Gasteiger partial charge in [-0.1, -0.05) is 41.4 Å². The summed E-state index contributed by atoms with van der Waals surface area (Å²) in [6, 6.07) is 17.0. The molecule has 10 heteroatoms. The predicted molar refractivity (Wildman–Crippen MR) is 147 cm³/mol. The molecule has 0 heterocycles. The van der Waals surface area contributed by atoms with Crippen molar-refractivity contribution in [3.8, 4) is 0 Å². The van der Waals surface area contributed by atoms with E-state index < -0.39 is 28.5 Å². The number of anilines is 1. The quantitative estimate of drug-likeness (QED) is 0.399. The van der Waals surface area contributed by atoms with Crippen LogP contribution < -0.4 is 9.62 Å². The Bertz CT molecular complexity index is 1400. The van der Waals surface area contributed by atoms with Gasteiger partial charge >= 0.3 is 0 Å². The van der Waals surface area contributed by atoms with Crippen LogP contribution in [0.15, 0.2) is 71.6 Å². The molecule has 7 nitrogen and oxygen atoms in total. The van der Waals surface area contributed by atoms with Crippen molar-refractivity contribution in [2.45, 2.75) is 38.3 Å². The monoisotopic (exact) mass is 561 g/mol. The Hall–Kier alpha value is -3.07. The van der Waals surface area contributed by atoms with Gasteiger partial charge in [0.15, 0.2) is 0 Å². The number of benzene rings is 3. The first-order valence-corrected chi connectivity index (χ1v) is 13.7. The van der Waals surface area contributed by atoms with Crippen molar-refractivity contribution in [1.29, 1.82) is 0 Å². The van der Waals surface area contributed by atoms with Gasteiger partial charge in [0.05, 0.1) is 10.6 Å². The zero-order chi connectivity index (χ0) is 27.3. The van der Waals surface area contributed by atoms with Crippen LogP contribution in [-0.4, -0.2) is 44.8 Å². The molecule has 0 aliphatic carbocycles. The van der Waals surface area contributed by atoms with Crippen molar-refractivity contribution >= 4 is 50.7 Å². The molecular formula is C27H29Cl2N3O4S. The average Bonchev–Trinajstić information content (AvgIpc) is 2.86. The summed E-state index contributed by atoms with van der Waals surface area (Å²) < 4.78 is 28.6. The highest BCUT2D eigenvalue weighted by Crippen LogP contribution is 2.27. The molecule has 0 aliphatic heterocycles. The molecule has 1 atom stereocenters. The van der Waals surface area contributed by atoms with Gasteiger partial charge in [0, 0.05) is 23.6 Å². The van der Waals surface area contributed by atoms with E-state index in [-0.39, 0.29) is 17.3 Å². The lowest BCUT2D eigenvalue weighted by atomic mass is 10.1. The maximum Gasteiger partial charge on any atom is 0.264 e. The topological polar surface area (TPSA) is 86.8 Å². The first-order chi connectivity index (χ1) is 17.4. The van der Waals surface area contributed by atoms with Gasteiger partial charge in [0.25, 0.3) is 10.0 Å². The molecule has 0 saturated heterocycles. The minimum atomic E-state index is -4.15. The number of nitrogens with zero attached hydrogens (tertiary/aromatic N) is 2. The van der Waals surface area contributed by atoms with Crippen LogP contribution in [0.3, 0.4) is 0 Å². The van der Waals surface area contributed by atoms with E-state index in [1.807, 2.05) is 13.8 Å². The van der Waals surface area contributed by atoms with Crippen molar-refractivity contribution < 1.29 is 18.0 Å². The fourth-order valence-corrected chi connectivity index (χ4v) is 5.51. The van der Waals surface area contributed by atoms with Crippen molar-refractivity contribution in [3.63, 3.8) is 0 Å². The number of nitrogens with one attached hydrogen (secondary N) is 1. The summed E-state index contributed by atoms with van der Waals surface area (Å²) in [4.78, 5) is 27.6. The number of amides is 2. The van der Waals surface area contributed by atoms with Crippen LogP contribution in [0.25, 0.3) is 0 Å². The van der Waals surface area contributed by atoms with E-state index in [1.165, 1.54) is 36.2 Å². The fraction of sp³-hybridized carbons (Fsp3) is 0.259. The first kappa shape index (κ1) is 28.5. The predicted octanol–water partition coefficient (Wildman–Crippen LogP) is 4.97. The molecule has 0 saturated carbocycles. The van der Waals surface area contributed by atoms with Crippen LogP contribution in [0.1, 0.15) is 23.6 Å². The van der Waals surface area contributed by atoms with Crippen molar-refractivity contribution in [3.05, 3.63) is 93.5 Å². The number of carbonyl (C=O) groups is 2. The third-order valence-electron chi connectivity index (χ3n) is 6.11. The molecule has 0 fully saturated rings. The normalized spacial score (nSPS) is 12.1. The van der Waals surface area contributed by atoms with Crippen LogP contribution in [0.4, 0.5) is 5.69 Å². The van der Waals surface area contributed by atoms with Crippen LogP contribution in [-0.2, 0) is 26.2 Å². The molecule has 2 amide bonds. The molecule has 3 aromatic carbocycles. The number of likely N-dealkylation sites (N-methyl/N-ethyl adjacent to an activating group) is 1. The molecule has 0 bridgehead atoms. The minimum absolute atomic E-state index is 0.0105. The fourth-order valence-electron chi connectivity index (χ4n) is 3.77. The number of halogens is 2. The summed E-state index contributed by atoms with van der Waals surface area (Å²) in [5, 5.41) is 3.43. The smallest absolute Gasteiger partial charge is 0.264 e. The highest BCUT2D eigenvalue weighted by Gasteiger charge is 2.32. The van der Waals surface area contributed by atoms with Crippen LogP contribution in [0.2, 0.25) is 10.0 Å². The SMILES string of the molecule is CNC(=O)[C@@H](C)N(Cc1cccc(Cl)c1)C(=O)CN(c1ccc(C)c(C)c1)S(=O)(=O)c1ccc(Cl)cc1. The van der Waals surface area contributed by atoms with Gasteiger partial charge in [0.2, 0.25) is 11.8 Å². The Morgan fingerprint density at radius 1 is 0.919 bits per heavy atom. The first-order valence-electron chi connectivity index (χ1n) is 11.5. The molecule has 37 heavy (non-hydrogen) atoms. The molecule has 0 spiro atoms. The molecule has 3 aromatic rings. The van der Waals surface area contributed by atoms with E-state index >= 15 is 0 Å². The van der Waals surface area contributed by atoms with E-state index in [2.05, 4.69) is 5.32 Å². The highest BCUT2D eigenvalue weighted by molar-refractivity contribution is 7.92. The molecule has 1 N–H and O–H groups in total. The zero-order valence-electron chi connectivity index (χ0n) is 21.0. The van der Waals surface area contributed by atoms with Gasteiger partial charge < -0.3 is 10.2 Å². The summed E-state index contributed by atoms with van der Waals surface area (Å²) in [7, 11) is -2.68. The van der Waals surface area contributed by atoms with Gasteiger partial charge in [-0.2, -0.15) is 0 Å². The number of sulfonamides is 1. The van der Waals surface area contributed by atoms with Crippen molar-refractivity contribution in [2.75, 3.05) is 17.9 Å². The Morgan fingerprint density at radius 3 is 2.19 bits per heavy atom. The summed E-state index contributed by atoms with van der Waals surface area (Å²) in [6.45, 7) is 4.92. The van der Waals surface area contributed by atoms with Crippen molar-refractivity contribution in [2.24, 2.45) is 0 Å². The van der Waals surface area contributed by atoms with Gasteiger partial charge in [0.1, 0.15) is 12.6 Å². The van der Waals surface area contributed by atoms with E-state index in [0.29, 0.717) is 21.3 Å². The second kappa shape index (κ2) is 12.0. The number of hydrogen-bond donors (Lipinski definition) is 1. The van der Waals surface area contributed by atoms with E-state index in [1.54, 1.807) is 49.4 Å². The lowest BCUT2D eigenvalue weighted by Crippen LogP contribution is -2.50. The number of rotatable bonds is 9. The van der Waals surface area contributed by atoms with E-state index in [9.17, 15) is 18.0 Å². The molecule has 0 unspecified atom stereocenters. The molecule has 0 aromatic heterocycles. The molecule has 0 radical (unpaired) electrons. The summed E-state index contributed by atoms with van der Waals surface area (Å²) in [5.74, 6) is -0.930. The van der Waals surface area contributed by atoms with Gasteiger partial charge in [-0.15, -0.1) is 0 Å². The van der Waals surface area contributed by atoms with Gasteiger partial charge in [-0.25, -0.2) is 8.42 Å². The summed E-state index contributed by atoms with van der Waals surface area (Å²) in [5.41, 5.74) is 2.89. The van der Waals surface area contributed by atoms with Crippen LogP contribution >= 0.6 is 23.2 Å². The lowest BCUT2D eigenvalue weighted by molar-refractivity contribution is -0.139. The molecule has 3 rings (SSSR count). The molecular weight excluding hydrogens is 533 g/mol. The number of carbonyl (C=O) groups excluding carboxylic acids is 2. The summed E-state index contributed by atoms with van der Waals surface area (Å²) in [6.07, 6.45) is 0. The lowest BCUT2D eigenvalue weighted by Gasteiger charge is -2.32. The largest absolute Gasteiger partial charge is 0.357 e. The second-order valence-electron chi connectivity index (χ2n) is 8.68. The standard InChI is InChI=1S/C27H29Cl2N3O4S/c1-18-8-11-24(14-19(18)2)32(37(35,36)25-12-9-22(28)10-13-25)17-26(33)31(20(3)27(34)30-4)16-21-6-5-7-23(29)15-21/h5-15,20H,16-17H2,1-4H3,(H,30,34)/t20-/m1/s1. The van der Waals surface area contributed by atoms with Gasteiger partial charge in [-0.05, 0) is 86.0 Å². The Labute approximate surface area is 228 Å². The maximum absolute atomic E-state index is 13.8. The summed E-state index contributed by atoms with van der Waals surface area (Å²) >= 11 is 12.1. The Morgan fingerprint density at radius 2 is 1.59 bits per heavy atom. The third-order valence-corrected chi connectivity index (χ3v) is 8.39. The highest BCUT2D eigenvalue weighted by atomic mass is 35.5. The second-order valence-corrected chi connectivity index (χ2v) is 11.4. The minimum Gasteiger partial charge on any atom is -0.357 e. The Kier molecular flexibility index (Phi) is 9.23. The number of aryl methyl sites for hydroxylation is 2. The molecule has 196 valence electrons. The Balaban J connectivity index is 2.06. The van der Waals surface area contributed by atoms with Gasteiger partial charge in [-0.3, -0.25) is 13.9 Å². The van der Waals surface area contributed by atoms with E-state index in [4.69, 9.17) is 23.2 Å². The van der Waals surface area contributed by atoms with Crippen molar-refractivity contribution in [1.82, 2.24) is 10.2 Å². The maximum atomic E-state index is 13.8. The zero-order valence-corrected chi connectivity index (χ0v) is 23.4. The third kappa shape index (κ3) is 6.83. The van der Waals surface area contributed by atoms with Crippen LogP contribution in [0, 0.1) is 13.8 Å². The van der Waals surface area contributed by atoms with E-state index in [0.717, 1.165) is 15.4 Å². The molecule has 0 aliphatic rings. The number of hydrogen-bond acceptors (Lipinski definition) is 4. The van der Waals surface area contributed by atoms with Crippen LogP contribution in [0.5, 0.6) is 0 Å². The average molecular weight is 563 g/mol.